The average Bonchev–Trinajstić information content (AvgIpc) is 4.04. The van der Waals surface area contributed by atoms with Crippen molar-refractivity contribution in [2.24, 2.45) is 0 Å². The SMILES string of the molecule is [2H]c1c([2H])c([2H])c(-c2c([2H])c(-n3c4ccccc4c4ccccc43)c([2H])c(-n3c4c([2H])c([2H])c([2H])c([2H])c4c4c([2H])c(-n5c6c([2H])c([2H])c([2H])c([2H])c6c6c([2H])c([2H])c([2H])c([2H])c65)c([2H])c([2H])c43)c2[2H])c([2H])c1[2H]. The number of para-hydroxylation sites is 5. The Kier molecular flexibility index (Phi) is 2.93. The maximum Gasteiger partial charge on any atom is 0.0667 e. The largest absolute Gasteiger partial charge is 0.309 e. The van der Waals surface area contributed by atoms with Gasteiger partial charge in [0.15, 0.2) is 0 Å². The molecule has 238 valence electrons. The third-order valence-electron chi connectivity index (χ3n) is 8.90. The van der Waals surface area contributed by atoms with Crippen molar-refractivity contribution in [1.29, 1.82) is 0 Å². The molecule has 0 aliphatic heterocycles. The summed E-state index contributed by atoms with van der Waals surface area (Å²) < 4.78 is 214. The molecule has 0 saturated carbocycles. The highest BCUT2D eigenvalue weighted by molar-refractivity contribution is 6.13. The van der Waals surface area contributed by atoms with Crippen molar-refractivity contribution in [2.45, 2.75) is 0 Å². The summed E-state index contributed by atoms with van der Waals surface area (Å²) in [5.41, 5.74) is -4.41. The van der Waals surface area contributed by atoms with Gasteiger partial charge in [0, 0.05) is 49.4 Å². The van der Waals surface area contributed by atoms with Crippen molar-refractivity contribution in [3.63, 3.8) is 0 Å². The van der Waals surface area contributed by atoms with Crippen LogP contribution in [0.3, 0.4) is 0 Å². The molecule has 3 nitrogen and oxygen atoms in total. The van der Waals surface area contributed by atoms with Crippen molar-refractivity contribution >= 4 is 65.4 Å². The Morgan fingerprint density at radius 3 is 1.33 bits per heavy atom. The molecule has 3 heteroatoms. The Morgan fingerprint density at radius 1 is 0.294 bits per heavy atom. The van der Waals surface area contributed by atoms with Gasteiger partial charge in [-0.3, -0.25) is 0 Å². The predicted octanol–water partition coefficient (Wildman–Crippen LogP) is 12.6. The Bertz CT molecular complexity index is 4310. The first-order valence-electron chi connectivity index (χ1n) is 27.2. The van der Waals surface area contributed by atoms with E-state index in [1.165, 1.54) is 4.57 Å². The topological polar surface area (TPSA) is 14.8 Å². The molecule has 0 fully saturated rings. The second-order valence-electron chi connectivity index (χ2n) is 11.6. The lowest BCUT2D eigenvalue weighted by atomic mass is 10.0. The van der Waals surface area contributed by atoms with E-state index in [4.69, 9.17) is 20.6 Å². The van der Waals surface area contributed by atoms with E-state index in [1.54, 1.807) is 48.5 Å². The van der Waals surface area contributed by atoms with Gasteiger partial charge in [-0.05, 0) is 77.6 Å². The van der Waals surface area contributed by atoms with E-state index in [2.05, 4.69) is 0 Å². The lowest BCUT2D eigenvalue weighted by Gasteiger charge is -2.16. The molecular weight excluding hydrogens is 619 g/mol. The van der Waals surface area contributed by atoms with Crippen molar-refractivity contribution in [3.05, 3.63) is 188 Å². The minimum Gasteiger partial charge on any atom is -0.309 e. The Morgan fingerprint density at radius 2 is 0.745 bits per heavy atom. The second-order valence-corrected chi connectivity index (χ2v) is 11.6. The number of nitrogens with zero attached hydrogens (tertiary/aromatic N) is 3. The zero-order chi connectivity index (χ0) is 53.5. The van der Waals surface area contributed by atoms with Crippen LogP contribution in [-0.4, -0.2) is 13.7 Å². The lowest BCUT2D eigenvalue weighted by Crippen LogP contribution is -2.00. The summed E-state index contributed by atoms with van der Waals surface area (Å²) in [5, 5.41) is -0.639. The van der Waals surface area contributed by atoms with Gasteiger partial charge in [-0.25, -0.2) is 0 Å². The Balaban J connectivity index is 1.42. The predicted molar refractivity (Wildman–Crippen MR) is 215 cm³/mol. The quantitative estimate of drug-likeness (QED) is 0.177. The van der Waals surface area contributed by atoms with E-state index in [1.807, 2.05) is 0 Å². The molecule has 0 aliphatic rings. The van der Waals surface area contributed by atoms with Gasteiger partial charge in [-0.15, -0.1) is 0 Å². The molecule has 0 aliphatic carbocycles. The molecule has 0 radical (unpaired) electrons. The van der Waals surface area contributed by atoms with Gasteiger partial charge in [0.1, 0.15) is 0 Å². The third-order valence-corrected chi connectivity index (χ3v) is 8.90. The van der Waals surface area contributed by atoms with Crippen molar-refractivity contribution in [3.8, 4) is 28.2 Å². The maximum atomic E-state index is 10.2. The summed E-state index contributed by atoms with van der Waals surface area (Å²) >= 11 is 0. The Labute approximate surface area is 326 Å². The maximum absolute atomic E-state index is 10.2. The molecule has 0 bridgehead atoms. The minimum absolute atomic E-state index is 0.347. The fourth-order valence-electron chi connectivity index (χ4n) is 6.81. The molecule has 3 aromatic heterocycles. The van der Waals surface area contributed by atoms with E-state index in [-0.39, 0.29) is 5.69 Å². The minimum atomic E-state index is -0.955. The van der Waals surface area contributed by atoms with Gasteiger partial charge in [0.25, 0.3) is 0 Å². The van der Waals surface area contributed by atoms with Crippen LogP contribution in [0.4, 0.5) is 0 Å². The van der Waals surface area contributed by atoms with E-state index in [9.17, 15) is 11.0 Å². The van der Waals surface area contributed by atoms with Gasteiger partial charge >= 0.3 is 0 Å². The highest BCUT2D eigenvalue weighted by atomic mass is 15.0. The molecule has 8 aromatic carbocycles. The van der Waals surface area contributed by atoms with E-state index in [0.717, 1.165) is 9.13 Å². The van der Waals surface area contributed by atoms with Crippen molar-refractivity contribution in [1.82, 2.24) is 13.7 Å². The van der Waals surface area contributed by atoms with Gasteiger partial charge in [-0.2, -0.15) is 0 Å². The molecule has 11 aromatic rings. The highest BCUT2D eigenvalue weighted by Crippen LogP contribution is 2.39. The average molecular weight is 673 g/mol. The standard InChI is InChI=1S/C48H31N3/c1-2-14-32(15-3-1)33-28-35(50-45-23-11-6-18-39(45)40-19-7-12-24-46(40)50)30-36(29-33)51-47-25-13-8-20-41(47)42-31-34(26-27-48(42)51)49-43-21-9-4-16-37(43)38-17-5-10-22-44(38)49/h1-31H/i1D,2D,3D,4D,5D,8D,9D,10D,13D,14D,15D,16D,17D,20D,21D,22D,25D,26D,27D,28D,29D,30D,31D. The van der Waals surface area contributed by atoms with Crippen LogP contribution in [-0.2, 0) is 0 Å². The van der Waals surface area contributed by atoms with Gasteiger partial charge in [0.2, 0.25) is 0 Å². The smallest absolute Gasteiger partial charge is 0.0667 e. The van der Waals surface area contributed by atoms with Crippen LogP contribution in [0.5, 0.6) is 0 Å². The van der Waals surface area contributed by atoms with Gasteiger partial charge in [0.05, 0.1) is 64.6 Å². The number of hydrogen-bond acceptors (Lipinski definition) is 0. The summed E-state index contributed by atoms with van der Waals surface area (Å²) in [4.78, 5) is 0. The number of hydrogen-bond donors (Lipinski definition) is 0. The van der Waals surface area contributed by atoms with E-state index in [0.29, 0.717) is 21.8 Å². The molecular formula is C48H31N3. The molecule has 0 N–H and O–H groups in total. The van der Waals surface area contributed by atoms with Crippen LogP contribution in [0.25, 0.3) is 93.6 Å². The number of aromatic nitrogens is 3. The molecule has 0 saturated heterocycles. The monoisotopic (exact) mass is 672 g/mol. The number of fused-ring (bicyclic) bond motifs is 9. The third kappa shape index (κ3) is 4.12. The van der Waals surface area contributed by atoms with Crippen LogP contribution in [0.2, 0.25) is 0 Å². The molecule has 3 heterocycles. The molecule has 0 atom stereocenters. The van der Waals surface area contributed by atoms with E-state index >= 15 is 0 Å². The van der Waals surface area contributed by atoms with E-state index < -0.39 is 205 Å². The normalized spacial score (nSPS) is 18.2. The first kappa shape index (κ1) is 13.8. The Hall–Kier alpha value is -6.84. The van der Waals surface area contributed by atoms with Crippen molar-refractivity contribution < 1.29 is 31.5 Å². The molecule has 0 amide bonds. The lowest BCUT2D eigenvalue weighted by molar-refractivity contribution is 1.13. The fraction of sp³-hybridized carbons (Fsp3) is 0. The highest BCUT2D eigenvalue weighted by Gasteiger charge is 2.19. The summed E-state index contributed by atoms with van der Waals surface area (Å²) in [5.74, 6) is 0. The molecule has 0 spiro atoms. The van der Waals surface area contributed by atoms with Gasteiger partial charge < -0.3 is 13.7 Å². The zero-order valence-electron chi connectivity index (χ0n) is 49.0. The van der Waals surface area contributed by atoms with Crippen LogP contribution in [0.15, 0.2) is 188 Å². The summed E-state index contributed by atoms with van der Waals surface area (Å²) in [7, 11) is 0. The number of benzene rings is 8. The summed E-state index contributed by atoms with van der Waals surface area (Å²) in [6.07, 6.45) is 0. The van der Waals surface area contributed by atoms with Crippen LogP contribution < -0.4 is 0 Å². The molecule has 11 rings (SSSR count). The van der Waals surface area contributed by atoms with Crippen LogP contribution in [0, 0.1) is 0 Å². The zero-order valence-corrected chi connectivity index (χ0v) is 26.0. The van der Waals surface area contributed by atoms with Crippen LogP contribution >= 0.6 is 0 Å². The van der Waals surface area contributed by atoms with Crippen molar-refractivity contribution in [2.75, 3.05) is 0 Å². The first-order chi connectivity index (χ1) is 34.9. The molecule has 0 unspecified atom stereocenters. The second kappa shape index (κ2) is 10.8. The summed E-state index contributed by atoms with van der Waals surface area (Å²) in [6, 6.07) is -5.00. The van der Waals surface area contributed by atoms with Gasteiger partial charge in [-0.1, -0.05) is 121 Å². The van der Waals surface area contributed by atoms with Crippen LogP contribution in [0.1, 0.15) is 31.5 Å². The fourth-order valence-corrected chi connectivity index (χ4v) is 6.81. The molecule has 51 heavy (non-hydrogen) atoms. The summed E-state index contributed by atoms with van der Waals surface area (Å²) in [6.45, 7) is 0. The first-order valence-corrected chi connectivity index (χ1v) is 15.7. The number of rotatable bonds is 4.